The average Bonchev–Trinajstić information content (AvgIpc) is 3.01. The molecule has 0 fully saturated rings. The molecule has 1 N–H and O–H groups in total. The molecule has 2 heterocycles. The van der Waals surface area contributed by atoms with E-state index in [2.05, 4.69) is 27.1 Å². The van der Waals surface area contributed by atoms with Gasteiger partial charge in [0.1, 0.15) is 0 Å². The van der Waals surface area contributed by atoms with Crippen LogP contribution < -0.4 is 0 Å². The van der Waals surface area contributed by atoms with Crippen molar-refractivity contribution < 1.29 is 0 Å². The summed E-state index contributed by atoms with van der Waals surface area (Å²) in [6.07, 6.45) is 7.30. The van der Waals surface area contributed by atoms with E-state index in [0.717, 1.165) is 16.8 Å². The maximum atomic E-state index is 4.39. The topological polar surface area (TPSA) is 41.0 Å². The van der Waals surface area contributed by atoms with Gasteiger partial charge in [0.2, 0.25) is 0 Å². The van der Waals surface area contributed by atoms with Gasteiger partial charge in [0.15, 0.2) is 0 Å². The molecule has 3 rings (SSSR count). The third-order valence-corrected chi connectivity index (χ3v) is 2.62. The average molecular weight is 281 g/mol. The largest absolute Gasteiger partial charge is 0.361 e. The van der Waals surface area contributed by atoms with Crippen LogP contribution in [-0.2, 0) is 0 Å². The summed E-state index contributed by atoms with van der Waals surface area (Å²) >= 11 is 0. The fraction of sp³-hybridized carbons (Fsp3) is 0.222. The number of aromatic amines is 1. The van der Waals surface area contributed by atoms with E-state index in [1.807, 2.05) is 64.4 Å². The fourth-order valence-corrected chi connectivity index (χ4v) is 1.77. The summed E-state index contributed by atoms with van der Waals surface area (Å²) in [6, 6.07) is 12.0. The summed E-state index contributed by atoms with van der Waals surface area (Å²) in [4.78, 5) is 11.6. The van der Waals surface area contributed by atoms with Gasteiger partial charge in [0.25, 0.3) is 0 Å². The highest BCUT2D eigenvalue weighted by Gasteiger charge is 1.99. The number of benzene rings is 1. The third-order valence-electron chi connectivity index (χ3n) is 2.62. The number of aliphatic imine (C=N–C) groups is 1. The second-order valence-corrected chi connectivity index (χ2v) is 3.76. The Morgan fingerprint density at radius 2 is 1.76 bits per heavy atom. The Morgan fingerprint density at radius 1 is 1.00 bits per heavy atom. The first-order chi connectivity index (χ1) is 10.4. The van der Waals surface area contributed by atoms with Crippen molar-refractivity contribution in [2.24, 2.45) is 4.99 Å². The number of pyridine rings is 1. The van der Waals surface area contributed by atoms with E-state index in [4.69, 9.17) is 0 Å². The predicted octanol–water partition coefficient (Wildman–Crippen LogP) is 5.37. The Morgan fingerprint density at radius 3 is 2.48 bits per heavy atom. The van der Waals surface area contributed by atoms with Crippen molar-refractivity contribution in [2.45, 2.75) is 27.7 Å². The summed E-state index contributed by atoms with van der Waals surface area (Å²) < 4.78 is 0. The highest BCUT2D eigenvalue weighted by atomic mass is 14.8. The summed E-state index contributed by atoms with van der Waals surface area (Å²) in [7, 11) is 0. The molecule has 3 nitrogen and oxygen atoms in total. The lowest BCUT2D eigenvalue weighted by atomic mass is 10.2. The second-order valence-electron chi connectivity index (χ2n) is 3.76. The molecule has 0 bridgehead atoms. The van der Waals surface area contributed by atoms with E-state index in [1.54, 1.807) is 12.4 Å². The number of para-hydroxylation sites is 1. The van der Waals surface area contributed by atoms with Gasteiger partial charge in [-0.15, -0.1) is 0 Å². The number of H-pyrrole nitrogens is 1. The molecule has 2 aromatic heterocycles. The number of nitrogens with one attached hydrogen (secondary N) is 1. The van der Waals surface area contributed by atoms with E-state index in [9.17, 15) is 0 Å². The van der Waals surface area contributed by atoms with Crippen LogP contribution >= 0.6 is 0 Å². The molecule has 0 radical (unpaired) electrons. The smallest absolute Gasteiger partial charge is 0.0813 e. The first-order valence-corrected chi connectivity index (χ1v) is 7.44. The Balaban J connectivity index is 0.000000510. The van der Waals surface area contributed by atoms with Crippen LogP contribution in [0.4, 0.5) is 5.69 Å². The van der Waals surface area contributed by atoms with Gasteiger partial charge in [-0.1, -0.05) is 45.9 Å². The molecular formula is C18H23N3. The zero-order valence-electron chi connectivity index (χ0n) is 13.2. The van der Waals surface area contributed by atoms with Gasteiger partial charge < -0.3 is 4.98 Å². The van der Waals surface area contributed by atoms with Crippen LogP contribution in [0.2, 0.25) is 0 Å². The lowest BCUT2D eigenvalue weighted by Crippen LogP contribution is -1.77. The van der Waals surface area contributed by atoms with Crippen molar-refractivity contribution in [2.75, 3.05) is 0 Å². The molecule has 0 aliphatic heterocycles. The molecule has 0 aliphatic carbocycles. The predicted molar refractivity (Wildman–Crippen MR) is 92.5 cm³/mol. The normalized spacial score (nSPS) is 9.71. The standard InChI is InChI=1S/C14H11N3.2C2H6/c1-2-6-14-13(5-1)11(9-17-14)8-16-12-4-3-7-15-10-12;2*1-2/h1-10,17H;2*1-2H3. The minimum Gasteiger partial charge on any atom is -0.361 e. The zero-order chi connectivity index (χ0) is 15.5. The Bertz CT molecular complexity index is 654. The van der Waals surface area contributed by atoms with Crippen LogP contribution in [0.5, 0.6) is 0 Å². The zero-order valence-corrected chi connectivity index (χ0v) is 13.2. The summed E-state index contributed by atoms with van der Waals surface area (Å²) in [5.74, 6) is 0. The van der Waals surface area contributed by atoms with Crippen LogP contribution in [0.15, 0.2) is 60.0 Å². The molecule has 0 unspecified atom stereocenters. The first kappa shape index (κ1) is 16.6. The highest BCUT2D eigenvalue weighted by molar-refractivity contribution is 5.99. The van der Waals surface area contributed by atoms with Gasteiger partial charge >= 0.3 is 0 Å². The summed E-state index contributed by atoms with van der Waals surface area (Å²) in [6.45, 7) is 8.00. The lowest BCUT2D eigenvalue weighted by molar-refractivity contribution is 1.31. The molecule has 110 valence electrons. The van der Waals surface area contributed by atoms with E-state index in [0.29, 0.717) is 0 Å². The number of hydrogen-bond donors (Lipinski definition) is 1. The van der Waals surface area contributed by atoms with Gasteiger partial charge in [-0.3, -0.25) is 9.98 Å². The van der Waals surface area contributed by atoms with Gasteiger partial charge in [0.05, 0.1) is 11.9 Å². The highest BCUT2D eigenvalue weighted by Crippen LogP contribution is 2.17. The van der Waals surface area contributed by atoms with E-state index in [-0.39, 0.29) is 0 Å². The van der Waals surface area contributed by atoms with Crippen molar-refractivity contribution in [3.05, 3.63) is 60.6 Å². The van der Waals surface area contributed by atoms with E-state index < -0.39 is 0 Å². The minimum atomic E-state index is 0.859. The molecular weight excluding hydrogens is 258 g/mol. The molecule has 3 heteroatoms. The number of aromatic nitrogens is 2. The van der Waals surface area contributed by atoms with Gasteiger partial charge in [-0.25, -0.2) is 0 Å². The lowest BCUT2D eigenvalue weighted by Gasteiger charge is -1.92. The van der Waals surface area contributed by atoms with Crippen LogP contribution in [-0.4, -0.2) is 16.2 Å². The number of hydrogen-bond acceptors (Lipinski definition) is 2. The van der Waals surface area contributed by atoms with Gasteiger partial charge in [-0.2, -0.15) is 0 Å². The molecule has 1 aromatic carbocycles. The molecule has 0 saturated carbocycles. The number of rotatable bonds is 2. The molecule has 21 heavy (non-hydrogen) atoms. The number of fused-ring (bicyclic) bond motifs is 1. The maximum Gasteiger partial charge on any atom is 0.0813 e. The van der Waals surface area contributed by atoms with Crippen LogP contribution in [0.1, 0.15) is 33.3 Å². The molecule has 0 saturated heterocycles. The molecule has 0 spiro atoms. The van der Waals surface area contributed by atoms with Gasteiger partial charge in [0, 0.05) is 35.1 Å². The first-order valence-electron chi connectivity index (χ1n) is 7.44. The van der Waals surface area contributed by atoms with E-state index in [1.165, 1.54) is 5.39 Å². The van der Waals surface area contributed by atoms with Crippen LogP contribution in [0, 0.1) is 0 Å². The summed E-state index contributed by atoms with van der Waals surface area (Å²) in [5.41, 5.74) is 3.07. The second kappa shape index (κ2) is 9.48. The van der Waals surface area contributed by atoms with Crippen molar-refractivity contribution in [1.82, 2.24) is 9.97 Å². The molecule has 3 aromatic rings. The van der Waals surface area contributed by atoms with Crippen LogP contribution in [0.3, 0.4) is 0 Å². The SMILES string of the molecule is C(=Nc1cccnc1)c1c[nH]c2ccccc12.CC.CC. The molecule has 0 aliphatic rings. The van der Waals surface area contributed by atoms with E-state index >= 15 is 0 Å². The summed E-state index contributed by atoms with van der Waals surface area (Å²) in [5, 5.41) is 1.18. The molecule has 0 amide bonds. The van der Waals surface area contributed by atoms with Crippen molar-refractivity contribution in [3.8, 4) is 0 Å². The van der Waals surface area contributed by atoms with Gasteiger partial charge in [-0.05, 0) is 18.2 Å². The van der Waals surface area contributed by atoms with Crippen molar-refractivity contribution in [3.63, 3.8) is 0 Å². The Hall–Kier alpha value is -2.42. The number of nitrogens with zero attached hydrogens (tertiary/aromatic N) is 2. The third kappa shape index (κ3) is 4.56. The van der Waals surface area contributed by atoms with Crippen molar-refractivity contribution in [1.29, 1.82) is 0 Å². The van der Waals surface area contributed by atoms with Crippen LogP contribution in [0.25, 0.3) is 10.9 Å². The fourth-order valence-electron chi connectivity index (χ4n) is 1.77. The Labute approximate surface area is 126 Å². The monoisotopic (exact) mass is 281 g/mol. The van der Waals surface area contributed by atoms with Crippen molar-refractivity contribution >= 4 is 22.8 Å². The minimum absolute atomic E-state index is 0.859. The Kier molecular flexibility index (Phi) is 7.51. The quantitative estimate of drug-likeness (QED) is 0.631. The maximum absolute atomic E-state index is 4.39. The molecule has 0 atom stereocenters.